The number of likely N-dealkylation sites (tertiary alicyclic amines) is 1. The standard InChI is InChI=1S/C47H60N2O9S/c1-33-13-20-38(21-14-33)59(51,52)56-28-24-43(35-17-22-40-41(29-35)48-32-47(40,5)6)57-44-30-49(45(50)58-46(2,3)4)25-23-39(44)34-15-18-37(19-16-34)55-27-10-26-54-31-36-11-8-9-12-42(36)53-7/h8-9,11-22,29,39,43-44,48H,10,23-28,30-32H2,1-7H3. The normalized spacial score (nSPS) is 18.1. The number of carbonyl (C=O) groups is 1. The molecule has 12 heteroatoms. The average Bonchev–Trinajstić information content (AvgIpc) is 3.51. The Balaban J connectivity index is 1.17. The zero-order valence-corrected chi connectivity index (χ0v) is 36.3. The van der Waals surface area contributed by atoms with Crippen LogP contribution in [0.4, 0.5) is 10.5 Å². The molecule has 0 aromatic heterocycles. The zero-order chi connectivity index (χ0) is 42.2. The fraction of sp³-hybridized carbons (Fsp3) is 0.468. The first-order chi connectivity index (χ1) is 28.1. The van der Waals surface area contributed by atoms with Crippen LogP contribution in [0.15, 0.2) is 95.9 Å². The van der Waals surface area contributed by atoms with E-state index in [2.05, 4.69) is 49.5 Å². The van der Waals surface area contributed by atoms with Crippen molar-refractivity contribution in [2.24, 2.45) is 0 Å². The highest BCUT2D eigenvalue weighted by molar-refractivity contribution is 7.86. The van der Waals surface area contributed by atoms with Gasteiger partial charge in [-0.25, -0.2) is 4.79 Å². The predicted molar refractivity (Wildman–Crippen MR) is 229 cm³/mol. The van der Waals surface area contributed by atoms with Crippen LogP contribution in [-0.2, 0) is 40.5 Å². The number of hydrogen-bond donors (Lipinski definition) is 1. The topological polar surface area (TPSA) is 122 Å². The summed E-state index contributed by atoms with van der Waals surface area (Å²) in [6.45, 7) is 14.9. The Labute approximate surface area is 350 Å². The van der Waals surface area contributed by atoms with Gasteiger partial charge in [0, 0.05) is 48.5 Å². The second-order valence-electron chi connectivity index (χ2n) is 17.0. The van der Waals surface area contributed by atoms with Gasteiger partial charge in [-0.15, -0.1) is 0 Å². The maximum Gasteiger partial charge on any atom is 0.410 e. The Morgan fingerprint density at radius 3 is 2.42 bits per heavy atom. The Morgan fingerprint density at radius 2 is 1.69 bits per heavy atom. The highest BCUT2D eigenvalue weighted by atomic mass is 32.2. The molecule has 0 radical (unpaired) electrons. The minimum atomic E-state index is -3.99. The molecular weight excluding hydrogens is 769 g/mol. The van der Waals surface area contributed by atoms with Crippen molar-refractivity contribution in [2.45, 2.75) is 101 Å². The van der Waals surface area contributed by atoms with Crippen molar-refractivity contribution in [1.82, 2.24) is 4.90 Å². The third-order valence-corrected chi connectivity index (χ3v) is 12.1. The van der Waals surface area contributed by atoms with Crippen molar-refractivity contribution >= 4 is 21.9 Å². The predicted octanol–water partition coefficient (Wildman–Crippen LogP) is 9.34. The minimum absolute atomic E-state index is 0.0293. The SMILES string of the molecule is COc1ccccc1COCCCOc1ccc(C2CCN(C(=O)OC(C)(C)C)CC2OC(CCOS(=O)(=O)c2ccc(C)cc2)c2ccc3c(c2)NCC3(C)C)cc1. The Morgan fingerprint density at radius 1 is 0.949 bits per heavy atom. The summed E-state index contributed by atoms with van der Waals surface area (Å²) < 4.78 is 62.3. The Bertz CT molecular complexity index is 2110. The number of aryl methyl sites for hydroxylation is 1. The number of ether oxygens (including phenoxy) is 5. The number of fused-ring (bicyclic) bond motifs is 1. The number of nitrogens with zero attached hydrogens (tertiary/aromatic N) is 1. The van der Waals surface area contributed by atoms with Gasteiger partial charge in [-0.1, -0.05) is 74.0 Å². The van der Waals surface area contributed by atoms with Crippen LogP contribution in [0, 0.1) is 6.92 Å². The van der Waals surface area contributed by atoms with Gasteiger partial charge in [-0.3, -0.25) is 4.18 Å². The molecule has 318 valence electrons. The van der Waals surface area contributed by atoms with Gasteiger partial charge in [-0.2, -0.15) is 8.42 Å². The third kappa shape index (κ3) is 11.8. The number of hydrogen-bond acceptors (Lipinski definition) is 10. The fourth-order valence-corrected chi connectivity index (χ4v) is 8.49. The maximum atomic E-state index is 13.4. The van der Waals surface area contributed by atoms with Gasteiger partial charge in [0.05, 0.1) is 57.2 Å². The molecule has 3 unspecified atom stereocenters. The molecule has 0 saturated carbocycles. The third-order valence-electron chi connectivity index (χ3n) is 10.8. The summed E-state index contributed by atoms with van der Waals surface area (Å²) in [7, 11) is -2.34. The van der Waals surface area contributed by atoms with Crippen LogP contribution in [-0.4, -0.2) is 77.7 Å². The molecule has 2 aliphatic rings. The van der Waals surface area contributed by atoms with Gasteiger partial charge in [-0.05, 0) is 87.2 Å². The molecule has 11 nitrogen and oxygen atoms in total. The monoisotopic (exact) mass is 828 g/mol. The van der Waals surface area contributed by atoms with Crippen molar-refractivity contribution in [3.63, 3.8) is 0 Å². The molecular formula is C47H60N2O9S. The van der Waals surface area contributed by atoms with E-state index in [1.54, 1.807) is 36.3 Å². The van der Waals surface area contributed by atoms with Crippen LogP contribution in [0.2, 0.25) is 0 Å². The summed E-state index contributed by atoms with van der Waals surface area (Å²) in [4.78, 5) is 15.2. The zero-order valence-electron chi connectivity index (χ0n) is 35.5. The van der Waals surface area contributed by atoms with Crippen molar-refractivity contribution in [2.75, 3.05) is 51.9 Å². The highest BCUT2D eigenvalue weighted by Crippen LogP contribution is 2.41. The van der Waals surface area contributed by atoms with Gasteiger partial charge >= 0.3 is 6.09 Å². The van der Waals surface area contributed by atoms with E-state index in [9.17, 15) is 13.2 Å². The maximum absolute atomic E-state index is 13.4. The lowest BCUT2D eigenvalue weighted by Crippen LogP contribution is -2.48. The summed E-state index contributed by atoms with van der Waals surface area (Å²) in [5.41, 5.74) is 5.47. The molecule has 0 bridgehead atoms. The lowest BCUT2D eigenvalue weighted by molar-refractivity contribution is -0.0702. The number of piperidine rings is 1. The van der Waals surface area contributed by atoms with E-state index in [0.29, 0.717) is 39.3 Å². The van der Waals surface area contributed by atoms with E-state index >= 15 is 0 Å². The molecule has 0 spiro atoms. The van der Waals surface area contributed by atoms with Gasteiger partial charge in [0.15, 0.2) is 0 Å². The summed E-state index contributed by atoms with van der Waals surface area (Å²) in [6.07, 6.45) is 0.242. The molecule has 4 aromatic carbocycles. The lowest BCUT2D eigenvalue weighted by atomic mass is 9.85. The van der Waals surface area contributed by atoms with Gasteiger partial charge in [0.1, 0.15) is 17.1 Å². The molecule has 2 heterocycles. The number of para-hydroxylation sites is 1. The molecule has 4 aromatic rings. The van der Waals surface area contributed by atoms with Crippen molar-refractivity contribution in [3.8, 4) is 11.5 Å². The van der Waals surface area contributed by atoms with Crippen molar-refractivity contribution in [3.05, 3.63) is 119 Å². The van der Waals surface area contributed by atoms with E-state index in [-0.39, 0.29) is 29.3 Å². The van der Waals surface area contributed by atoms with Crippen molar-refractivity contribution < 1.29 is 41.1 Å². The first kappa shape index (κ1) is 43.9. The van der Waals surface area contributed by atoms with Gasteiger partial charge in [0.2, 0.25) is 0 Å². The Kier molecular flexibility index (Phi) is 14.3. The number of rotatable bonds is 17. The van der Waals surface area contributed by atoms with Crippen LogP contribution >= 0.6 is 0 Å². The molecule has 59 heavy (non-hydrogen) atoms. The largest absolute Gasteiger partial charge is 0.496 e. The molecule has 1 amide bonds. The number of nitrogens with one attached hydrogen (secondary N) is 1. The fourth-order valence-electron chi connectivity index (χ4n) is 7.57. The van der Waals surface area contributed by atoms with Crippen LogP contribution in [0.3, 0.4) is 0 Å². The van der Waals surface area contributed by atoms with Crippen LogP contribution in [0.1, 0.15) is 93.7 Å². The smallest absolute Gasteiger partial charge is 0.410 e. The first-order valence-corrected chi connectivity index (χ1v) is 21.9. The lowest BCUT2D eigenvalue weighted by Gasteiger charge is -2.40. The quantitative estimate of drug-likeness (QED) is 0.0814. The van der Waals surface area contributed by atoms with E-state index in [1.807, 2.05) is 64.1 Å². The van der Waals surface area contributed by atoms with Gasteiger partial charge in [0.25, 0.3) is 10.1 Å². The van der Waals surface area contributed by atoms with Gasteiger partial charge < -0.3 is 33.9 Å². The average molecular weight is 829 g/mol. The minimum Gasteiger partial charge on any atom is -0.496 e. The van der Waals surface area contributed by atoms with Crippen LogP contribution in [0.25, 0.3) is 0 Å². The molecule has 2 aliphatic heterocycles. The van der Waals surface area contributed by atoms with E-state index < -0.39 is 34.0 Å². The molecule has 0 aliphatic carbocycles. The van der Waals surface area contributed by atoms with Crippen LogP contribution < -0.4 is 14.8 Å². The van der Waals surface area contributed by atoms with Crippen LogP contribution in [0.5, 0.6) is 11.5 Å². The molecule has 1 N–H and O–H groups in total. The summed E-state index contributed by atoms with van der Waals surface area (Å²) in [5, 5.41) is 3.54. The molecule has 1 saturated heterocycles. The summed E-state index contributed by atoms with van der Waals surface area (Å²) in [5.74, 6) is 1.49. The first-order valence-electron chi connectivity index (χ1n) is 20.5. The number of benzene rings is 4. The molecule has 3 atom stereocenters. The number of anilines is 1. The second kappa shape index (κ2) is 19.2. The number of carbonyl (C=O) groups excluding carboxylic acids is 1. The van der Waals surface area contributed by atoms with Crippen molar-refractivity contribution in [1.29, 1.82) is 0 Å². The van der Waals surface area contributed by atoms with E-state index in [1.165, 1.54) is 5.56 Å². The molecule has 1 fully saturated rings. The second-order valence-corrected chi connectivity index (χ2v) is 18.7. The summed E-state index contributed by atoms with van der Waals surface area (Å²) in [6, 6.07) is 28.8. The van der Waals surface area contributed by atoms with E-state index in [4.69, 9.17) is 27.9 Å². The number of methoxy groups -OCH3 is 1. The highest BCUT2D eigenvalue weighted by Gasteiger charge is 2.37. The Hall–Kier alpha value is -4.62. The summed E-state index contributed by atoms with van der Waals surface area (Å²) >= 11 is 0. The molecule has 6 rings (SSSR count). The van der Waals surface area contributed by atoms with E-state index in [0.717, 1.165) is 52.4 Å². The number of amides is 1.